The third-order valence-electron chi connectivity index (χ3n) is 7.30. The fourth-order valence-corrected chi connectivity index (χ4v) is 6.70. The van der Waals surface area contributed by atoms with Crippen LogP contribution in [0.5, 0.6) is 0 Å². The van der Waals surface area contributed by atoms with Gasteiger partial charge in [-0.15, -0.1) is 0 Å². The number of nitrogens with zero attached hydrogens (tertiary/aromatic N) is 1. The van der Waals surface area contributed by atoms with Crippen LogP contribution in [0.2, 0.25) is 0 Å². The molecule has 0 amide bonds. The number of benzene rings is 2. The molecule has 2 aromatic rings. The van der Waals surface area contributed by atoms with Gasteiger partial charge in [0, 0.05) is 24.7 Å². The third-order valence-corrected chi connectivity index (χ3v) is 8.58. The van der Waals surface area contributed by atoms with Crippen molar-refractivity contribution in [1.82, 2.24) is 9.62 Å². The summed E-state index contributed by atoms with van der Waals surface area (Å²) in [4.78, 5) is 0. The lowest BCUT2D eigenvalue weighted by Gasteiger charge is -2.36. The number of rotatable bonds is 8. The number of nitrogens with one attached hydrogen (secondary N) is 1. The van der Waals surface area contributed by atoms with Crippen molar-refractivity contribution in [3.05, 3.63) is 71.5 Å². The van der Waals surface area contributed by atoms with Gasteiger partial charge in [-0.2, -0.15) is 4.31 Å². The first-order valence-corrected chi connectivity index (χ1v) is 13.8. The Balaban J connectivity index is 1.28. The van der Waals surface area contributed by atoms with E-state index in [9.17, 15) is 17.9 Å². The maximum atomic E-state index is 13.5. The third kappa shape index (κ3) is 6.41. The minimum Gasteiger partial charge on any atom is -0.387 e. The van der Waals surface area contributed by atoms with Crippen molar-refractivity contribution in [3.8, 4) is 0 Å². The van der Waals surface area contributed by atoms with Crippen LogP contribution in [0.1, 0.15) is 62.2 Å². The lowest BCUT2D eigenvalue weighted by molar-refractivity contribution is 0.132. The second-order valence-electron chi connectivity index (χ2n) is 9.75. The Bertz CT molecular complexity index is 1010. The molecule has 7 heteroatoms. The Hall–Kier alpha value is -1.80. The average molecular weight is 475 g/mol. The molecule has 1 saturated carbocycles. The lowest BCUT2D eigenvalue weighted by atomic mass is 9.82. The monoisotopic (exact) mass is 474 g/mol. The van der Waals surface area contributed by atoms with Crippen LogP contribution in [0.4, 0.5) is 4.39 Å². The number of aliphatic hydroxyl groups excluding tert-OH is 1. The maximum Gasteiger partial charge on any atom is 0.211 e. The normalized spacial score (nSPS) is 27.0. The summed E-state index contributed by atoms with van der Waals surface area (Å²) in [5.74, 6) is 0.232. The van der Waals surface area contributed by atoms with Gasteiger partial charge >= 0.3 is 0 Å². The Morgan fingerprint density at radius 3 is 2.42 bits per heavy atom. The van der Waals surface area contributed by atoms with Crippen LogP contribution < -0.4 is 5.32 Å². The van der Waals surface area contributed by atoms with E-state index in [2.05, 4.69) is 5.32 Å². The summed E-state index contributed by atoms with van der Waals surface area (Å²) in [6.45, 7) is 0.429. The molecular weight excluding hydrogens is 439 g/mol. The van der Waals surface area contributed by atoms with Crippen LogP contribution in [-0.4, -0.2) is 42.2 Å². The maximum absolute atomic E-state index is 13.5. The summed E-state index contributed by atoms with van der Waals surface area (Å²) in [6, 6.07) is 16.3. The van der Waals surface area contributed by atoms with Gasteiger partial charge in [0.25, 0.3) is 0 Å². The molecule has 3 atom stereocenters. The topological polar surface area (TPSA) is 69.6 Å². The van der Waals surface area contributed by atoms with Crippen LogP contribution in [0, 0.1) is 11.7 Å². The molecule has 180 valence electrons. The van der Waals surface area contributed by atoms with Crippen LogP contribution in [0.15, 0.2) is 54.6 Å². The Morgan fingerprint density at radius 2 is 1.76 bits per heavy atom. The second kappa shape index (κ2) is 10.6. The zero-order chi connectivity index (χ0) is 23.4. The van der Waals surface area contributed by atoms with Crippen molar-refractivity contribution in [2.75, 3.05) is 6.26 Å². The average Bonchev–Trinajstić information content (AvgIpc) is 3.26. The summed E-state index contributed by atoms with van der Waals surface area (Å²) in [7, 11) is -3.28. The molecule has 0 bridgehead atoms. The fourth-order valence-electron chi connectivity index (χ4n) is 5.56. The van der Waals surface area contributed by atoms with Gasteiger partial charge in [0.1, 0.15) is 5.82 Å². The van der Waals surface area contributed by atoms with Crippen molar-refractivity contribution in [2.45, 2.75) is 75.7 Å². The van der Waals surface area contributed by atoms with E-state index in [4.69, 9.17) is 0 Å². The summed E-state index contributed by atoms with van der Waals surface area (Å²) in [6.07, 6.45) is 7.31. The van der Waals surface area contributed by atoms with Crippen molar-refractivity contribution >= 4 is 10.0 Å². The van der Waals surface area contributed by atoms with Crippen molar-refractivity contribution in [3.63, 3.8) is 0 Å². The molecule has 1 heterocycles. The molecule has 4 rings (SSSR count). The molecule has 2 N–H and O–H groups in total. The molecule has 33 heavy (non-hydrogen) atoms. The zero-order valence-electron chi connectivity index (χ0n) is 19.2. The number of halogens is 1. The first-order valence-electron chi connectivity index (χ1n) is 12.0. The molecule has 0 spiro atoms. The van der Waals surface area contributed by atoms with Gasteiger partial charge in [-0.25, -0.2) is 12.8 Å². The van der Waals surface area contributed by atoms with E-state index in [1.807, 2.05) is 30.3 Å². The highest BCUT2D eigenvalue weighted by Gasteiger charge is 2.35. The molecule has 1 aliphatic heterocycles. The Morgan fingerprint density at radius 1 is 1.03 bits per heavy atom. The quantitative estimate of drug-likeness (QED) is 0.595. The van der Waals surface area contributed by atoms with Gasteiger partial charge in [-0.1, -0.05) is 42.5 Å². The summed E-state index contributed by atoms with van der Waals surface area (Å²) in [5.41, 5.74) is 1.64. The van der Waals surface area contributed by atoms with Gasteiger partial charge in [-0.3, -0.25) is 0 Å². The molecule has 0 aromatic heterocycles. The van der Waals surface area contributed by atoms with Gasteiger partial charge < -0.3 is 10.4 Å². The van der Waals surface area contributed by atoms with Gasteiger partial charge in [0.2, 0.25) is 10.0 Å². The number of hydrogen-bond acceptors (Lipinski definition) is 4. The fraction of sp³-hybridized carbons (Fsp3) is 0.538. The van der Waals surface area contributed by atoms with E-state index in [1.165, 1.54) is 18.4 Å². The smallest absolute Gasteiger partial charge is 0.211 e. The zero-order valence-corrected chi connectivity index (χ0v) is 20.1. The van der Waals surface area contributed by atoms with E-state index in [0.717, 1.165) is 50.5 Å². The van der Waals surface area contributed by atoms with E-state index in [0.29, 0.717) is 24.1 Å². The summed E-state index contributed by atoms with van der Waals surface area (Å²) < 4.78 is 40.2. The highest BCUT2D eigenvalue weighted by Crippen LogP contribution is 2.35. The molecule has 1 aliphatic carbocycles. The lowest BCUT2D eigenvalue weighted by Crippen LogP contribution is -2.42. The van der Waals surface area contributed by atoms with E-state index < -0.39 is 16.1 Å². The number of hydrogen-bond donors (Lipinski definition) is 2. The summed E-state index contributed by atoms with van der Waals surface area (Å²) in [5, 5.41) is 14.2. The molecule has 2 aromatic carbocycles. The molecular formula is C26H35FN2O3S. The number of aliphatic hydroxyl groups is 1. The Kier molecular flexibility index (Phi) is 7.84. The predicted octanol–water partition coefficient (Wildman–Crippen LogP) is 4.39. The molecule has 2 aliphatic rings. The SMILES string of the molecule is CS(=O)(=O)N(Cc1ccccc1)C1CCC(C[C@@H]2CC[C@H]([C@@H](O)c3cccc(F)c3)N2)CC1. The minimum absolute atomic E-state index is 0.0514. The van der Waals surface area contributed by atoms with E-state index in [1.54, 1.807) is 16.4 Å². The molecule has 5 nitrogen and oxygen atoms in total. The van der Waals surface area contributed by atoms with E-state index >= 15 is 0 Å². The molecule has 0 unspecified atom stereocenters. The summed E-state index contributed by atoms with van der Waals surface area (Å²) >= 11 is 0. The van der Waals surface area contributed by atoms with Gasteiger partial charge in [0.05, 0.1) is 12.4 Å². The molecule has 2 fully saturated rings. The van der Waals surface area contributed by atoms with Gasteiger partial charge in [-0.05, 0) is 74.1 Å². The van der Waals surface area contributed by atoms with Crippen LogP contribution in [-0.2, 0) is 16.6 Å². The minimum atomic E-state index is -3.28. The van der Waals surface area contributed by atoms with Crippen molar-refractivity contribution in [1.29, 1.82) is 0 Å². The molecule has 1 saturated heterocycles. The predicted molar refractivity (Wildman–Crippen MR) is 128 cm³/mol. The van der Waals surface area contributed by atoms with E-state index in [-0.39, 0.29) is 17.9 Å². The van der Waals surface area contributed by atoms with Crippen molar-refractivity contribution < 1.29 is 17.9 Å². The van der Waals surface area contributed by atoms with Gasteiger partial charge in [0.15, 0.2) is 0 Å². The highest BCUT2D eigenvalue weighted by molar-refractivity contribution is 7.88. The first-order chi connectivity index (χ1) is 15.8. The highest BCUT2D eigenvalue weighted by atomic mass is 32.2. The molecule has 0 radical (unpaired) electrons. The number of sulfonamides is 1. The van der Waals surface area contributed by atoms with Crippen LogP contribution >= 0.6 is 0 Å². The standard InChI is InChI=1S/C26H35FN2O3S/c1-33(31,32)29(18-20-6-3-2-4-7-20)24-13-10-19(11-14-24)16-23-12-15-25(28-23)26(30)21-8-5-9-22(27)17-21/h2-9,17,19,23-26,28,30H,10-16,18H2,1H3/t19?,23-,24?,25+,26-/m0/s1. The first kappa shape index (κ1) is 24.3. The second-order valence-corrected chi connectivity index (χ2v) is 11.7. The Labute approximate surface area is 197 Å². The van der Waals surface area contributed by atoms with Crippen LogP contribution in [0.3, 0.4) is 0 Å². The van der Waals surface area contributed by atoms with Crippen LogP contribution in [0.25, 0.3) is 0 Å². The largest absolute Gasteiger partial charge is 0.387 e. The van der Waals surface area contributed by atoms with Crippen molar-refractivity contribution in [2.24, 2.45) is 5.92 Å².